The standard InChI is InChI=1S/C14H23BrN4/c1-3-11-6-5-8-19(9-7-11)13-12(15)10-17-14(18-13)16-4-2/h10-11H,3-9H2,1-2H3,(H,16,17,18). The predicted molar refractivity (Wildman–Crippen MR) is 83.7 cm³/mol. The summed E-state index contributed by atoms with van der Waals surface area (Å²) in [4.78, 5) is 11.3. The van der Waals surface area contributed by atoms with Crippen LogP contribution in [-0.4, -0.2) is 29.6 Å². The Morgan fingerprint density at radius 1 is 1.37 bits per heavy atom. The van der Waals surface area contributed by atoms with Gasteiger partial charge in [-0.1, -0.05) is 13.3 Å². The maximum Gasteiger partial charge on any atom is 0.224 e. The average Bonchev–Trinajstić information content (AvgIpc) is 2.66. The van der Waals surface area contributed by atoms with Gasteiger partial charge in [-0.25, -0.2) is 4.98 Å². The zero-order valence-electron chi connectivity index (χ0n) is 11.8. The molecule has 1 fully saturated rings. The van der Waals surface area contributed by atoms with Crippen LogP contribution in [0.15, 0.2) is 10.7 Å². The fourth-order valence-corrected chi connectivity index (χ4v) is 3.05. The Bertz CT molecular complexity index is 410. The second-order valence-electron chi connectivity index (χ2n) is 5.09. The molecular formula is C14H23BrN4. The molecule has 0 aliphatic carbocycles. The Morgan fingerprint density at radius 2 is 2.21 bits per heavy atom. The lowest BCUT2D eigenvalue weighted by Gasteiger charge is -2.23. The second-order valence-corrected chi connectivity index (χ2v) is 5.94. The van der Waals surface area contributed by atoms with Crippen LogP contribution in [0.3, 0.4) is 0 Å². The number of nitrogens with zero attached hydrogens (tertiary/aromatic N) is 3. The minimum absolute atomic E-state index is 0.719. The Hall–Kier alpha value is -0.840. The molecule has 1 aliphatic rings. The van der Waals surface area contributed by atoms with Crippen LogP contribution in [-0.2, 0) is 0 Å². The summed E-state index contributed by atoms with van der Waals surface area (Å²) in [6.07, 6.45) is 7.01. The van der Waals surface area contributed by atoms with Crippen molar-refractivity contribution in [2.24, 2.45) is 5.92 Å². The summed E-state index contributed by atoms with van der Waals surface area (Å²) in [5.74, 6) is 2.62. The highest BCUT2D eigenvalue weighted by Gasteiger charge is 2.19. The van der Waals surface area contributed by atoms with E-state index in [9.17, 15) is 0 Å². The number of halogens is 1. The largest absolute Gasteiger partial charge is 0.356 e. The zero-order valence-corrected chi connectivity index (χ0v) is 13.4. The van der Waals surface area contributed by atoms with E-state index in [2.05, 4.69) is 50.0 Å². The molecule has 1 aliphatic heterocycles. The van der Waals surface area contributed by atoms with Gasteiger partial charge in [0.2, 0.25) is 5.95 Å². The van der Waals surface area contributed by atoms with E-state index in [-0.39, 0.29) is 0 Å². The first-order valence-electron chi connectivity index (χ1n) is 7.26. The van der Waals surface area contributed by atoms with E-state index in [0.29, 0.717) is 0 Å². The predicted octanol–water partition coefficient (Wildman–Crippen LogP) is 3.69. The van der Waals surface area contributed by atoms with Crippen molar-refractivity contribution in [3.8, 4) is 0 Å². The summed E-state index contributed by atoms with van der Waals surface area (Å²) in [6.45, 7) is 7.39. The molecule has 0 bridgehead atoms. The second kappa shape index (κ2) is 7.08. The maximum atomic E-state index is 4.64. The number of aromatic nitrogens is 2. The number of hydrogen-bond donors (Lipinski definition) is 1. The van der Waals surface area contributed by atoms with Crippen LogP contribution in [0.2, 0.25) is 0 Å². The molecule has 1 aromatic rings. The minimum Gasteiger partial charge on any atom is -0.356 e. The first kappa shape index (κ1) is 14.6. The molecule has 4 nitrogen and oxygen atoms in total. The fraction of sp³-hybridized carbons (Fsp3) is 0.714. The molecule has 106 valence electrons. The highest BCUT2D eigenvalue weighted by molar-refractivity contribution is 9.10. The van der Waals surface area contributed by atoms with Crippen LogP contribution in [0.4, 0.5) is 11.8 Å². The molecule has 0 aromatic carbocycles. The summed E-state index contributed by atoms with van der Waals surface area (Å²) < 4.78 is 0.990. The monoisotopic (exact) mass is 326 g/mol. The fourth-order valence-electron chi connectivity index (χ4n) is 2.61. The van der Waals surface area contributed by atoms with E-state index in [0.717, 1.165) is 41.8 Å². The van der Waals surface area contributed by atoms with Gasteiger partial charge >= 0.3 is 0 Å². The van der Waals surface area contributed by atoms with Gasteiger partial charge in [0.05, 0.1) is 4.47 Å². The SMILES string of the molecule is CCNc1ncc(Br)c(N2CCCC(CC)CC2)n1. The van der Waals surface area contributed by atoms with Crippen molar-refractivity contribution >= 4 is 27.7 Å². The van der Waals surface area contributed by atoms with Crippen molar-refractivity contribution < 1.29 is 0 Å². The Kier molecular flexibility index (Phi) is 5.43. The molecule has 1 aromatic heterocycles. The van der Waals surface area contributed by atoms with Crippen LogP contribution in [0.5, 0.6) is 0 Å². The van der Waals surface area contributed by atoms with Gasteiger partial charge in [-0.05, 0) is 48.0 Å². The van der Waals surface area contributed by atoms with E-state index in [1.165, 1.54) is 25.7 Å². The van der Waals surface area contributed by atoms with Crippen molar-refractivity contribution in [2.45, 2.75) is 39.5 Å². The third-order valence-electron chi connectivity index (χ3n) is 3.79. The van der Waals surface area contributed by atoms with E-state index < -0.39 is 0 Å². The van der Waals surface area contributed by atoms with Crippen LogP contribution >= 0.6 is 15.9 Å². The lowest BCUT2D eigenvalue weighted by Crippen LogP contribution is -2.26. The molecule has 0 spiro atoms. The summed E-state index contributed by atoms with van der Waals surface area (Å²) in [6, 6.07) is 0. The topological polar surface area (TPSA) is 41.1 Å². The average molecular weight is 327 g/mol. The summed E-state index contributed by atoms with van der Waals surface area (Å²) in [5.41, 5.74) is 0. The van der Waals surface area contributed by atoms with Gasteiger partial charge in [0.25, 0.3) is 0 Å². The quantitative estimate of drug-likeness (QED) is 0.916. The van der Waals surface area contributed by atoms with E-state index in [1.54, 1.807) is 0 Å². The van der Waals surface area contributed by atoms with Gasteiger partial charge in [0.1, 0.15) is 5.82 Å². The highest BCUT2D eigenvalue weighted by atomic mass is 79.9. The van der Waals surface area contributed by atoms with Crippen molar-refractivity contribution in [3.63, 3.8) is 0 Å². The summed E-state index contributed by atoms with van der Waals surface area (Å²) >= 11 is 3.58. The van der Waals surface area contributed by atoms with Gasteiger partial charge < -0.3 is 10.2 Å². The Labute approximate surface area is 124 Å². The van der Waals surface area contributed by atoms with Crippen LogP contribution in [0.1, 0.15) is 39.5 Å². The maximum absolute atomic E-state index is 4.64. The molecule has 1 unspecified atom stereocenters. The van der Waals surface area contributed by atoms with E-state index in [1.807, 2.05) is 6.20 Å². The summed E-state index contributed by atoms with van der Waals surface area (Å²) in [7, 11) is 0. The molecule has 1 atom stereocenters. The molecule has 0 amide bonds. The molecule has 1 saturated heterocycles. The van der Waals surface area contributed by atoms with Gasteiger partial charge in [-0.3, -0.25) is 0 Å². The number of hydrogen-bond acceptors (Lipinski definition) is 4. The van der Waals surface area contributed by atoms with Gasteiger partial charge in [-0.2, -0.15) is 4.98 Å². The van der Waals surface area contributed by atoms with Gasteiger partial charge in [0, 0.05) is 25.8 Å². The minimum atomic E-state index is 0.719. The van der Waals surface area contributed by atoms with Gasteiger partial charge in [0.15, 0.2) is 0 Å². The third kappa shape index (κ3) is 3.81. The zero-order chi connectivity index (χ0) is 13.7. The Morgan fingerprint density at radius 3 is 2.95 bits per heavy atom. The van der Waals surface area contributed by atoms with Crippen LogP contribution in [0, 0.1) is 5.92 Å². The molecule has 0 radical (unpaired) electrons. The van der Waals surface area contributed by atoms with E-state index in [4.69, 9.17) is 0 Å². The molecule has 5 heteroatoms. The van der Waals surface area contributed by atoms with Crippen molar-refractivity contribution in [2.75, 3.05) is 29.9 Å². The van der Waals surface area contributed by atoms with Crippen molar-refractivity contribution in [1.29, 1.82) is 0 Å². The highest BCUT2D eigenvalue weighted by Crippen LogP contribution is 2.28. The van der Waals surface area contributed by atoms with Gasteiger partial charge in [-0.15, -0.1) is 0 Å². The smallest absolute Gasteiger partial charge is 0.224 e. The Balaban J connectivity index is 2.13. The molecule has 0 saturated carbocycles. The summed E-state index contributed by atoms with van der Waals surface area (Å²) in [5, 5.41) is 3.18. The van der Waals surface area contributed by atoms with Crippen molar-refractivity contribution in [3.05, 3.63) is 10.7 Å². The number of anilines is 2. The number of rotatable bonds is 4. The van der Waals surface area contributed by atoms with E-state index >= 15 is 0 Å². The molecule has 2 heterocycles. The van der Waals surface area contributed by atoms with Crippen LogP contribution in [0.25, 0.3) is 0 Å². The molecule has 1 N–H and O–H groups in total. The number of nitrogens with one attached hydrogen (secondary N) is 1. The molecule has 2 rings (SSSR count). The molecule has 19 heavy (non-hydrogen) atoms. The van der Waals surface area contributed by atoms with Crippen LogP contribution < -0.4 is 10.2 Å². The molecular weight excluding hydrogens is 304 g/mol. The van der Waals surface area contributed by atoms with Crippen molar-refractivity contribution in [1.82, 2.24) is 9.97 Å². The third-order valence-corrected chi connectivity index (χ3v) is 4.34. The first-order valence-corrected chi connectivity index (χ1v) is 8.05. The first-order chi connectivity index (χ1) is 9.24. The normalized spacial score (nSPS) is 20.2. The lowest BCUT2D eigenvalue weighted by atomic mass is 9.98. The lowest BCUT2D eigenvalue weighted by molar-refractivity contribution is 0.459.